The van der Waals surface area contributed by atoms with Crippen LogP contribution in [0.15, 0.2) is 48.7 Å². The standard InChI is InChI=1S/C24H27N3O4/c1-30-21-14-18-8-9-27(23(28)16-19(18)15-22(21)31-2)17-24(29)26-12-10-25(11-13-26)20-6-4-3-5-7-20/h3-9,14-15H,10-13,16-17H2,1-2H3. The molecule has 0 unspecified atom stereocenters. The normalized spacial score (nSPS) is 16.1. The summed E-state index contributed by atoms with van der Waals surface area (Å²) in [7, 11) is 3.15. The third kappa shape index (κ3) is 4.50. The zero-order valence-corrected chi connectivity index (χ0v) is 17.9. The maximum atomic E-state index is 12.9. The second-order valence-corrected chi connectivity index (χ2v) is 7.62. The van der Waals surface area contributed by atoms with Crippen molar-refractivity contribution < 1.29 is 19.1 Å². The van der Waals surface area contributed by atoms with Crippen LogP contribution < -0.4 is 14.4 Å². The molecule has 7 nitrogen and oxygen atoms in total. The smallest absolute Gasteiger partial charge is 0.242 e. The zero-order valence-electron chi connectivity index (χ0n) is 17.9. The van der Waals surface area contributed by atoms with Gasteiger partial charge in [0.2, 0.25) is 11.8 Å². The lowest BCUT2D eigenvalue weighted by Crippen LogP contribution is -2.51. The van der Waals surface area contributed by atoms with Gasteiger partial charge in [-0.2, -0.15) is 0 Å². The first-order valence-electron chi connectivity index (χ1n) is 10.4. The Labute approximate surface area is 182 Å². The molecule has 2 aromatic carbocycles. The van der Waals surface area contributed by atoms with Crippen LogP contribution in [0.25, 0.3) is 6.08 Å². The predicted octanol–water partition coefficient (Wildman–Crippen LogP) is 2.41. The third-order valence-corrected chi connectivity index (χ3v) is 5.80. The lowest BCUT2D eigenvalue weighted by Gasteiger charge is -2.36. The Morgan fingerprint density at radius 3 is 2.32 bits per heavy atom. The number of carbonyl (C=O) groups excluding carboxylic acids is 2. The van der Waals surface area contributed by atoms with Gasteiger partial charge in [-0.05, 0) is 41.5 Å². The highest BCUT2D eigenvalue weighted by atomic mass is 16.5. The Kier molecular flexibility index (Phi) is 6.11. The highest BCUT2D eigenvalue weighted by Crippen LogP contribution is 2.32. The average Bonchev–Trinajstić information content (AvgIpc) is 2.96. The van der Waals surface area contributed by atoms with Crippen molar-refractivity contribution in [3.05, 3.63) is 59.8 Å². The number of nitrogens with zero attached hydrogens (tertiary/aromatic N) is 3. The molecule has 2 amide bonds. The number of fused-ring (bicyclic) bond motifs is 1. The van der Waals surface area contributed by atoms with Gasteiger partial charge in [0.05, 0.1) is 20.6 Å². The van der Waals surface area contributed by atoms with Crippen LogP contribution in [-0.2, 0) is 16.0 Å². The average molecular weight is 421 g/mol. The number of para-hydroxylation sites is 1. The number of piperazine rings is 1. The van der Waals surface area contributed by atoms with Crippen LogP contribution in [0, 0.1) is 0 Å². The van der Waals surface area contributed by atoms with Gasteiger partial charge in [-0.25, -0.2) is 0 Å². The largest absolute Gasteiger partial charge is 0.493 e. The van der Waals surface area contributed by atoms with Crippen molar-refractivity contribution in [1.82, 2.24) is 9.80 Å². The summed E-state index contributed by atoms with van der Waals surface area (Å²) in [6.07, 6.45) is 3.75. The minimum atomic E-state index is -0.113. The van der Waals surface area contributed by atoms with Gasteiger partial charge in [-0.1, -0.05) is 18.2 Å². The van der Waals surface area contributed by atoms with Crippen molar-refractivity contribution in [2.24, 2.45) is 0 Å². The molecule has 31 heavy (non-hydrogen) atoms. The van der Waals surface area contributed by atoms with E-state index in [0.717, 1.165) is 24.2 Å². The first-order valence-corrected chi connectivity index (χ1v) is 10.4. The number of carbonyl (C=O) groups is 2. The summed E-state index contributed by atoms with van der Waals surface area (Å²) in [6, 6.07) is 13.9. The number of methoxy groups -OCH3 is 2. The molecule has 2 aliphatic heterocycles. The van der Waals surface area contributed by atoms with Gasteiger partial charge in [0.15, 0.2) is 11.5 Å². The summed E-state index contributed by atoms with van der Waals surface area (Å²) in [5.74, 6) is 1.05. The van der Waals surface area contributed by atoms with Crippen molar-refractivity contribution >= 4 is 23.6 Å². The van der Waals surface area contributed by atoms with Gasteiger partial charge < -0.3 is 24.2 Å². The number of rotatable bonds is 5. The van der Waals surface area contributed by atoms with E-state index in [1.807, 2.05) is 41.3 Å². The van der Waals surface area contributed by atoms with Gasteiger partial charge in [-0.15, -0.1) is 0 Å². The molecule has 0 saturated carbocycles. The lowest BCUT2D eigenvalue weighted by molar-refractivity contribution is -0.138. The fourth-order valence-electron chi connectivity index (χ4n) is 4.00. The lowest BCUT2D eigenvalue weighted by atomic mass is 10.0. The molecule has 1 fully saturated rings. The maximum absolute atomic E-state index is 12.9. The van der Waals surface area contributed by atoms with E-state index < -0.39 is 0 Å². The summed E-state index contributed by atoms with van der Waals surface area (Å²) in [6.45, 7) is 2.90. The Bertz CT molecular complexity index is 982. The molecule has 0 spiro atoms. The fraction of sp³-hybridized carbons (Fsp3) is 0.333. The van der Waals surface area contributed by atoms with Crippen molar-refractivity contribution in [2.75, 3.05) is 51.8 Å². The van der Waals surface area contributed by atoms with Crippen LogP contribution in [0.2, 0.25) is 0 Å². The van der Waals surface area contributed by atoms with Crippen molar-refractivity contribution in [1.29, 1.82) is 0 Å². The molecule has 2 heterocycles. The number of benzene rings is 2. The minimum Gasteiger partial charge on any atom is -0.493 e. The van der Waals surface area contributed by atoms with E-state index in [2.05, 4.69) is 17.0 Å². The molecule has 1 saturated heterocycles. The van der Waals surface area contributed by atoms with Crippen LogP contribution in [0.5, 0.6) is 11.5 Å². The Morgan fingerprint density at radius 1 is 0.968 bits per heavy atom. The monoisotopic (exact) mass is 421 g/mol. The Balaban J connectivity index is 1.39. The Morgan fingerprint density at radius 2 is 1.65 bits per heavy atom. The molecule has 4 rings (SSSR count). The molecule has 0 radical (unpaired) electrons. The van der Waals surface area contributed by atoms with Crippen LogP contribution in [0.1, 0.15) is 11.1 Å². The fourth-order valence-corrected chi connectivity index (χ4v) is 4.00. The van der Waals surface area contributed by atoms with Gasteiger partial charge in [0.25, 0.3) is 0 Å². The summed E-state index contributed by atoms with van der Waals surface area (Å²) in [5.41, 5.74) is 2.91. The van der Waals surface area contributed by atoms with Crippen LogP contribution in [0.4, 0.5) is 5.69 Å². The predicted molar refractivity (Wildman–Crippen MR) is 119 cm³/mol. The first-order chi connectivity index (χ1) is 15.1. The molecule has 0 N–H and O–H groups in total. The summed E-state index contributed by atoms with van der Waals surface area (Å²) in [4.78, 5) is 31.3. The molecule has 0 aliphatic carbocycles. The second kappa shape index (κ2) is 9.12. The topological polar surface area (TPSA) is 62.3 Å². The molecule has 2 aliphatic rings. The second-order valence-electron chi connectivity index (χ2n) is 7.62. The molecule has 2 aromatic rings. The van der Waals surface area contributed by atoms with Gasteiger partial charge in [0.1, 0.15) is 6.54 Å². The van der Waals surface area contributed by atoms with E-state index in [4.69, 9.17) is 9.47 Å². The van der Waals surface area contributed by atoms with Crippen LogP contribution in [0.3, 0.4) is 0 Å². The molecule has 0 bridgehead atoms. The molecule has 0 aromatic heterocycles. The summed E-state index contributed by atoms with van der Waals surface area (Å²) < 4.78 is 10.7. The summed E-state index contributed by atoms with van der Waals surface area (Å²) >= 11 is 0. The highest BCUT2D eigenvalue weighted by Gasteiger charge is 2.26. The van der Waals surface area contributed by atoms with Gasteiger partial charge in [-0.3, -0.25) is 9.59 Å². The molecule has 7 heteroatoms. The quantitative estimate of drug-likeness (QED) is 0.742. The van der Waals surface area contributed by atoms with Gasteiger partial charge >= 0.3 is 0 Å². The van der Waals surface area contributed by atoms with E-state index in [-0.39, 0.29) is 24.8 Å². The van der Waals surface area contributed by atoms with E-state index in [0.29, 0.717) is 24.6 Å². The van der Waals surface area contributed by atoms with Crippen molar-refractivity contribution in [2.45, 2.75) is 6.42 Å². The number of hydrogen-bond donors (Lipinski definition) is 0. The minimum absolute atomic E-state index is 0.0353. The summed E-state index contributed by atoms with van der Waals surface area (Å²) in [5, 5.41) is 0. The Hall–Kier alpha value is -3.48. The van der Waals surface area contributed by atoms with Gasteiger partial charge in [0, 0.05) is 38.1 Å². The highest BCUT2D eigenvalue weighted by molar-refractivity contribution is 5.89. The number of amides is 2. The molecule has 162 valence electrons. The van der Waals surface area contributed by atoms with E-state index >= 15 is 0 Å². The molecule has 0 atom stereocenters. The zero-order chi connectivity index (χ0) is 21.8. The van der Waals surface area contributed by atoms with Crippen LogP contribution in [-0.4, -0.2) is 68.6 Å². The maximum Gasteiger partial charge on any atom is 0.242 e. The number of ether oxygens (including phenoxy) is 2. The van der Waals surface area contributed by atoms with Crippen molar-refractivity contribution in [3.63, 3.8) is 0 Å². The molecular weight excluding hydrogens is 394 g/mol. The van der Waals surface area contributed by atoms with E-state index in [1.54, 1.807) is 20.4 Å². The number of anilines is 1. The van der Waals surface area contributed by atoms with Crippen LogP contribution >= 0.6 is 0 Å². The first kappa shape index (κ1) is 20.8. The SMILES string of the molecule is COc1cc2c(cc1OC)CC(=O)N(CC(=O)N1CCN(c3ccccc3)CC1)C=C2. The van der Waals surface area contributed by atoms with Crippen molar-refractivity contribution in [3.8, 4) is 11.5 Å². The number of hydrogen-bond acceptors (Lipinski definition) is 5. The third-order valence-electron chi connectivity index (χ3n) is 5.80. The van der Waals surface area contributed by atoms with E-state index in [9.17, 15) is 9.59 Å². The molecular formula is C24H27N3O4. The van der Waals surface area contributed by atoms with E-state index in [1.165, 1.54) is 10.6 Å².